The molecule has 0 saturated carbocycles. The Bertz CT molecular complexity index is 267. The van der Waals surface area contributed by atoms with Crippen LogP contribution in [0.15, 0.2) is 30.6 Å². The fourth-order valence-electron chi connectivity index (χ4n) is 0.653. The molecule has 3 nitrogen and oxygen atoms in total. The molecular weight excluding hydrogens is 140 g/mol. The quantitative estimate of drug-likeness (QED) is 0.624. The molecule has 1 rings (SSSR count). The van der Waals surface area contributed by atoms with Gasteiger partial charge in [0.1, 0.15) is 0 Å². The first-order valence-electron chi connectivity index (χ1n) is 3.16. The summed E-state index contributed by atoms with van der Waals surface area (Å²) in [7, 11) is 0. The Hall–Kier alpha value is -1.64. The Kier molecular flexibility index (Phi) is 2.38. The second-order valence-electron chi connectivity index (χ2n) is 2.02. The molecule has 0 spiro atoms. The third-order valence-corrected chi connectivity index (χ3v) is 1.12. The van der Waals surface area contributed by atoms with Gasteiger partial charge in [-0.25, -0.2) is 0 Å². The Balaban J connectivity index is 2.72. The lowest BCUT2D eigenvalue weighted by atomic mass is 10.2. The summed E-state index contributed by atoms with van der Waals surface area (Å²) >= 11 is 0. The second kappa shape index (κ2) is 3.51. The number of pyridine rings is 1. The number of amides is 1. The van der Waals surface area contributed by atoms with Crippen molar-refractivity contribution in [3.8, 4) is 0 Å². The molecule has 0 aromatic carbocycles. The minimum Gasteiger partial charge on any atom is -0.366 e. The van der Waals surface area contributed by atoms with Gasteiger partial charge < -0.3 is 5.73 Å². The van der Waals surface area contributed by atoms with E-state index in [1.807, 2.05) is 6.07 Å². The van der Waals surface area contributed by atoms with E-state index in [2.05, 4.69) is 4.98 Å². The van der Waals surface area contributed by atoms with Crippen LogP contribution in [0.4, 0.5) is 0 Å². The summed E-state index contributed by atoms with van der Waals surface area (Å²) in [4.78, 5) is 14.1. The molecule has 1 amide bonds. The molecule has 1 heterocycles. The zero-order valence-corrected chi connectivity index (χ0v) is 5.90. The summed E-state index contributed by atoms with van der Waals surface area (Å²) in [6, 6.07) is 3.63. The number of rotatable bonds is 2. The van der Waals surface area contributed by atoms with E-state index < -0.39 is 5.91 Å². The van der Waals surface area contributed by atoms with E-state index in [-0.39, 0.29) is 0 Å². The fourth-order valence-corrected chi connectivity index (χ4v) is 0.653. The number of carbonyl (C=O) groups is 1. The maximum absolute atomic E-state index is 10.3. The Morgan fingerprint density at radius 2 is 2.45 bits per heavy atom. The summed E-state index contributed by atoms with van der Waals surface area (Å²) in [6.07, 6.45) is 6.24. The number of aromatic nitrogens is 1. The maximum atomic E-state index is 10.3. The monoisotopic (exact) mass is 148 g/mol. The van der Waals surface area contributed by atoms with Gasteiger partial charge in [-0.3, -0.25) is 9.78 Å². The molecule has 0 aliphatic carbocycles. The second-order valence-corrected chi connectivity index (χ2v) is 2.02. The molecule has 0 fully saturated rings. The van der Waals surface area contributed by atoms with E-state index in [1.165, 1.54) is 6.08 Å². The first-order chi connectivity index (χ1) is 5.29. The molecule has 1 aromatic rings. The van der Waals surface area contributed by atoms with Crippen LogP contribution in [0.5, 0.6) is 0 Å². The molecule has 2 N–H and O–H groups in total. The number of hydrogen-bond donors (Lipinski definition) is 1. The summed E-state index contributed by atoms with van der Waals surface area (Å²) in [5, 5.41) is 0. The number of hydrogen-bond acceptors (Lipinski definition) is 2. The smallest absolute Gasteiger partial charge is 0.241 e. The number of nitrogens with zero attached hydrogens (tertiary/aromatic N) is 1. The maximum Gasteiger partial charge on any atom is 0.241 e. The van der Waals surface area contributed by atoms with Crippen molar-refractivity contribution < 1.29 is 4.79 Å². The molecule has 11 heavy (non-hydrogen) atoms. The highest BCUT2D eigenvalue weighted by Gasteiger charge is 1.84. The van der Waals surface area contributed by atoms with Crippen LogP contribution in [-0.2, 0) is 4.79 Å². The van der Waals surface area contributed by atoms with Gasteiger partial charge in [0.25, 0.3) is 0 Å². The van der Waals surface area contributed by atoms with Crippen LogP contribution in [0.25, 0.3) is 6.08 Å². The Labute approximate surface area is 64.6 Å². The minimum atomic E-state index is -0.450. The molecule has 0 saturated heterocycles. The van der Waals surface area contributed by atoms with Gasteiger partial charge in [0.2, 0.25) is 5.91 Å². The van der Waals surface area contributed by atoms with Crippen LogP contribution >= 0.6 is 0 Å². The molecule has 0 aliphatic rings. The average Bonchev–Trinajstić information content (AvgIpc) is 2.03. The molecular formula is C8H8N2O. The number of carbonyl (C=O) groups excluding carboxylic acids is 1. The lowest BCUT2D eigenvalue weighted by Gasteiger charge is -1.87. The van der Waals surface area contributed by atoms with E-state index >= 15 is 0 Å². The van der Waals surface area contributed by atoms with E-state index in [9.17, 15) is 4.79 Å². The van der Waals surface area contributed by atoms with Gasteiger partial charge in [-0.1, -0.05) is 6.07 Å². The minimum absolute atomic E-state index is 0.450. The molecule has 0 bridgehead atoms. The highest BCUT2D eigenvalue weighted by Crippen LogP contribution is 1.97. The van der Waals surface area contributed by atoms with Gasteiger partial charge in [0, 0.05) is 18.5 Å². The van der Waals surface area contributed by atoms with Gasteiger partial charge in [-0.15, -0.1) is 0 Å². The first kappa shape index (κ1) is 7.47. The highest BCUT2D eigenvalue weighted by molar-refractivity contribution is 5.90. The highest BCUT2D eigenvalue weighted by atomic mass is 16.1. The first-order valence-corrected chi connectivity index (χ1v) is 3.16. The van der Waals surface area contributed by atoms with Gasteiger partial charge >= 0.3 is 0 Å². The van der Waals surface area contributed by atoms with Crippen LogP contribution in [0, 0.1) is 0 Å². The lowest BCUT2D eigenvalue weighted by molar-refractivity contribution is -0.113. The van der Waals surface area contributed by atoms with Crippen molar-refractivity contribution in [2.75, 3.05) is 0 Å². The third kappa shape index (κ3) is 2.62. The third-order valence-electron chi connectivity index (χ3n) is 1.12. The zero-order chi connectivity index (χ0) is 8.10. The Morgan fingerprint density at radius 1 is 1.64 bits per heavy atom. The predicted molar refractivity (Wildman–Crippen MR) is 42.5 cm³/mol. The van der Waals surface area contributed by atoms with Gasteiger partial charge in [0.15, 0.2) is 0 Å². The van der Waals surface area contributed by atoms with E-state index in [0.717, 1.165) is 5.56 Å². The largest absolute Gasteiger partial charge is 0.366 e. The van der Waals surface area contributed by atoms with Crippen LogP contribution in [0.1, 0.15) is 5.56 Å². The van der Waals surface area contributed by atoms with Crippen LogP contribution in [0.2, 0.25) is 0 Å². The number of primary amides is 1. The van der Waals surface area contributed by atoms with Crippen molar-refractivity contribution in [2.24, 2.45) is 5.73 Å². The van der Waals surface area contributed by atoms with E-state index in [1.54, 1.807) is 24.5 Å². The number of nitrogens with two attached hydrogens (primary N) is 1. The van der Waals surface area contributed by atoms with Crippen molar-refractivity contribution in [2.45, 2.75) is 0 Å². The molecule has 3 heteroatoms. The standard InChI is InChI=1S/C8H8N2O/c9-8(11)4-3-7-2-1-5-10-6-7/h1-6H,(H2,9,11)/b4-3+. The fraction of sp³-hybridized carbons (Fsp3) is 0. The molecule has 0 atom stereocenters. The van der Waals surface area contributed by atoms with Crippen LogP contribution in [-0.4, -0.2) is 10.9 Å². The van der Waals surface area contributed by atoms with E-state index in [4.69, 9.17) is 5.73 Å². The predicted octanol–water partition coefficient (Wildman–Crippen LogP) is 0.580. The Morgan fingerprint density at radius 3 is 3.00 bits per heavy atom. The summed E-state index contributed by atoms with van der Waals surface area (Å²) < 4.78 is 0. The van der Waals surface area contributed by atoms with E-state index in [0.29, 0.717) is 0 Å². The topological polar surface area (TPSA) is 56.0 Å². The average molecular weight is 148 g/mol. The van der Waals surface area contributed by atoms with Crippen molar-refractivity contribution in [1.82, 2.24) is 4.98 Å². The molecule has 0 radical (unpaired) electrons. The summed E-state index contributed by atoms with van der Waals surface area (Å²) in [5.41, 5.74) is 5.76. The molecule has 1 aromatic heterocycles. The molecule has 0 unspecified atom stereocenters. The van der Waals surface area contributed by atoms with Crippen molar-refractivity contribution >= 4 is 12.0 Å². The normalized spacial score (nSPS) is 10.2. The SMILES string of the molecule is NC(=O)/C=C/c1cccnc1. The molecule has 56 valence electrons. The summed E-state index contributed by atoms with van der Waals surface area (Å²) in [6.45, 7) is 0. The lowest BCUT2D eigenvalue weighted by Crippen LogP contribution is -2.05. The summed E-state index contributed by atoms with van der Waals surface area (Å²) in [5.74, 6) is -0.450. The van der Waals surface area contributed by atoms with Crippen molar-refractivity contribution in [3.63, 3.8) is 0 Å². The van der Waals surface area contributed by atoms with Crippen LogP contribution < -0.4 is 5.73 Å². The molecule has 0 aliphatic heterocycles. The van der Waals surface area contributed by atoms with Crippen molar-refractivity contribution in [1.29, 1.82) is 0 Å². The van der Waals surface area contributed by atoms with Crippen molar-refractivity contribution in [3.05, 3.63) is 36.2 Å². The van der Waals surface area contributed by atoms with Crippen LogP contribution in [0.3, 0.4) is 0 Å². The van der Waals surface area contributed by atoms with Gasteiger partial charge in [-0.2, -0.15) is 0 Å². The van der Waals surface area contributed by atoms with Gasteiger partial charge in [-0.05, 0) is 17.7 Å². The van der Waals surface area contributed by atoms with Gasteiger partial charge in [0.05, 0.1) is 0 Å². The zero-order valence-electron chi connectivity index (χ0n) is 5.90.